The molecule has 3 aromatic rings. The summed E-state index contributed by atoms with van der Waals surface area (Å²) in [5.74, 6) is 1.78. The zero-order valence-corrected chi connectivity index (χ0v) is 22.9. The van der Waals surface area contributed by atoms with Gasteiger partial charge in [0.2, 0.25) is 5.95 Å². The minimum absolute atomic E-state index is 0.0210. The van der Waals surface area contributed by atoms with Crippen molar-refractivity contribution >= 4 is 29.2 Å². The standard InChI is InChI=1S/C28H38N8O/c1-17(2)31-25(37)22-16-30-27(35-24(22)33-23-12-13-29-26(34-23)28(3,4)5)32-20-10-8-19-15-21(36(6)7)11-9-18(19)14-20/h8,10,12-14,16-17,21H,9,11,15H2,1-7H3,(H,31,37)(H2,29,30,32,33,34,35). The molecule has 2 aromatic heterocycles. The largest absolute Gasteiger partial charge is 0.350 e. The van der Waals surface area contributed by atoms with E-state index in [1.165, 1.54) is 11.1 Å². The second-order valence-corrected chi connectivity index (χ2v) is 11.2. The Kier molecular flexibility index (Phi) is 7.73. The summed E-state index contributed by atoms with van der Waals surface area (Å²) in [5.41, 5.74) is 3.79. The highest BCUT2D eigenvalue weighted by molar-refractivity contribution is 5.99. The Morgan fingerprint density at radius 1 is 1.05 bits per heavy atom. The molecule has 1 atom stereocenters. The van der Waals surface area contributed by atoms with Gasteiger partial charge in [-0.05, 0) is 76.5 Å². The van der Waals surface area contributed by atoms with Crippen molar-refractivity contribution in [3.8, 4) is 0 Å². The molecular weight excluding hydrogens is 464 g/mol. The molecule has 37 heavy (non-hydrogen) atoms. The lowest BCUT2D eigenvalue weighted by molar-refractivity contribution is 0.0943. The van der Waals surface area contributed by atoms with Crippen molar-refractivity contribution < 1.29 is 4.79 Å². The molecule has 1 unspecified atom stereocenters. The molecule has 0 spiro atoms. The number of benzene rings is 1. The molecule has 1 aliphatic rings. The zero-order chi connectivity index (χ0) is 26.7. The molecule has 4 rings (SSSR count). The summed E-state index contributed by atoms with van der Waals surface area (Å²) in [7, 11) is 4.29. The number of carbonyl (C=O) groups is 1. The SMILES string of the molecule is CC(C)NC(=O)c1cnc(Nc2ccc3c(c2)CCC(N(C)C)C3)nc1Nc1ccnc(C(C)(C)C)n1. The summed E-state index contributed by atoms with van der Waals surface area (Å²) in [6.45, 7) is 10.00. The first-order valence-electron chi connectivity index (χ1n) is 12.8. The molecule has 0 saturated heterocycles. The van der Waals surface area contributed by atoms with Gasteiger partial charge in [-0.1, -0.05) is 26.8 Å². The summed E-state index contributed by atoms with van der Waals surface area (Å²) in [4.78, 5) is 33.4. The van der Waals surface area contributed by atoms with Crippen LogP contribution in [-0.4, -0.2) is 56.9 Å². The minimum atomic E-state index is -0.252. The van der Waals surface area contributed by atoms with Crippen LogP contribution in [0.15, 0.2) is 36.7 Å². The molecule has 1 aromatic carbocycles. The second kappa shape index (κ2) is 10.8. The van der Waals surface area contributed by atoms with E-state index < -0.39 is 0 Å². The summed E-state index contributed by atoms with van der Waals surface area (Å²) < 4.78 is 0. The lowest BCUT2D eigenvalue weighted by atomic mass is 9.87. The molecule has 0 radical (unpaired) electrons. The van der Waals surface area contributed by atoms with Crippen molar-refractivity contribution in [2.24, 2.45) is 0 Å². The van der Waals surface area contributed by atoms with E-state index in [9.17, 15) is 4.79 Å². The van der Waals surface area contributed by atoms with Gasteiger partial charge in [-0.3, -0.25) is 4.79 Å². The first kappa shape index (κ1) is 26.5. The monoisotopic (exact) mass is 502 g/mol. The van der Waals surface area contributed by atoms with Crippen LogP contribution < -0.4 is 16.0 Å². The number of amides is 1. The van der Waals surface area contributed by atoms with Crippen LogP contribution in [0.5, 0.6) is 0 Å². The molecule has 3 N–H and O–H groups in total. The summed E-state index contributed by atoms with van der Waals surface area (Å²) in [5, 5.41) is 9.46. The van der Waals surface area contributed by atoms with E-state index >= 15 is 0 Å². The number of hydrogen-bond donors (Lipinski definition) is 3. The predicted octanol–water partition coefficient (Wildman–Crippen LogP) is 4.61. The Labute approximate surface area is 219 Å². The zero-order valence-electron chi connectivity index (χ0n) is 22.9. The van der Waals surface area contributed by atoms with Gasteiger partial charge in [-0.25, -0.2) is 15.0 Å². The smallest absolute Gasteiger partial charge is 0.256 e. The predicted molar refractivity (Wildman–Crippen MR) is 148 cm³/mol. The van der Waals surface area contributed by atoms with Gasteiger partial charge in [0.15, 0.2) is 0 Å². The van der Waals surface area contributed by atoms with Gasteiger partial charge < -0.3 is 20.9 Å². The molecular formula is C28H38N8O. The quantitative estimate of drug-likeness (QED) is 0.430. The lowest BCUT2D eigenvalue weighted by Crippen LogP contribution is -2.33. The summed E-state index contributed by atoms with van der Waals surface area (Å²) >= 11 is 0. The Balaban J connectivity index is 1.61. The van der Waals surface area contributed by atoms with Gasteiger partial charge in [-0.15, -0.1) is 0 Å². The van der Waals surface area contributed by atoms with Crippen LogP contribution in [-0.2, 0) is 18.3 Å². The van der Waals surface area contributed by atoms with Crippen LogP contribution in [0.1, 0.15) is 68.3 Å². The van der Waals surface area contributed by atoms with Crippen molar-refractivity contribution in [2.75, 3.05) is 24.7 Å². The Morgan fingerprint density at radius 2 is 1.84 bits per heavy atom. The van der Waals surface area contributed by atoms with E-state index in [2.05, 4.69) is 93.9 Å². The minimum Gasteiger partial charge on any atom is -0.350 e. The third-order valence-electron chi connectivity index (χ3n) is 6.42. The van der Waals surface area contributed by atoms with E-state index in [1.807, 2.05) is 13.8 Å². The van der Waals surface area contributed by atoms with E-state index in [-0.39, 0.29) is 17.4 Å². The topological polar surface area (TPSA) is 108 Å². The molecule has 9 heteroatoms. The Hall–Kier alpha value is -3.59. The van der Waals surface area contributed by atoms with Crippen LogP contribution in [0, 0.1) is 0 Å². The van der Waals surface area contributed by atoms with Crippen molar-refractivity contribution in [2.45, 2.75) is 71.4 Å². The number of fused-ring (bicyclic) bond motifs is 1. The maximum atomic E-state index is 12.9. The lowest BCUT2D eigenvalue weighted by Gasteiger charge is -2.30. The van der Waals surface area contributed by atoms with Gasteiger partial charge >= 0.3 is 0 Å². The normalized spacial score (nSPS) is 15.4. The number of nitrogens with zero attached hydrogens (tertiary/aromatic N) is 5. The van der Waals surface area contributed by atoms with Gasteiger partial charge in [0, 0.05) is 35.6 Å². The Morgan fingerprint density at radius 3 is 2.54 bits per heavy atom. The number of hydrogen-bond acceptors (Lipinski definition) is 8. The van der Waals surface area contributed by atoms with Crippen molar-refractivity contribution in [3.63, 3.8) is 0 Å². The Bertz CT molecular complexity index is 1270. The van der Waals surface area contributed by atoms with E-state index in [1.54, 1.807) is 18.5 Å². The molecule has 0 fully saturated rings. The van der Waals surface area contributed by atoms with Crippen molar-refractivity contribution in [1.82, 2.24) is 30.2 Å². The van der Waals surface area contributed by atoms with Crippen LogP contribution in [0.25, 0.3) is 0 Å². The number of rotatable bonds is 7. The maximum Gasteiger partial charge on any atom is 0.256 e. The fraction of sp³-hybridized carbons (Fsp3) is 0.464. The van der Waals surface area contributed by atoms with Crippen LogP contribution in [0.3, 0.4) is 0 Å². The molecule has 1 aliphatic carbocycles. The third kappa shape index (κ3) is 6.60. The second-order valence-electron chi connectivity index (χ2n) is 11.2. The highest BCUT2D eigenvalue weighted by atomic mass is 16.1. The summed E-state index contributed by atoms with van der Waals surface area (Å²) in [6.07, 6.45) is 6.49. The van der Waals surface area contributed by atoms with Crippen LogP contribution in [0.2, 0.25) is 0 Å². The molecule has 196 valence electrons. The van der Waals surface area contributed by atoms with Gasteiger partial charge in [-0.2, -0.15) is 4.98 Å². The van der Waals surface area contributed by atoms with E-state index in [0.29, 0.717) is 35.0 Å². The molecule has 1 amide bonds. The van der Waals surface area contributed by atoms with Gasteiger partial charge in [0.05, 0.1) is 0 Å². The average molecular weight is 503 g/mol. The number of aryl methyl sites for hydroxylation is 1. The van der Waals surface area contributed by atoms with Gasteiger partial charge in [0.25, 0.3) is 5.91 Å². The molecule has 2 heterocycles. The third-order valence-corrected chi connectivity index (χ3v) is 6.42. The molecule has 0 aliphatic heterocycles. The first-order valence-corrected chi connectivity index (χ1v) is 12.8. The van der Waals surface area contributed by atoms with Crippen LogP contribution >= 0.6 is 0 Å². The number of anilines is 4. The number of nitrogens with one attached hydrogen (secondary N) is 3. The first-order chi connectivity index (χ1) is 17.5. The number of aromatic nitrogens is 4. The fourth-order valence-electron chi connectivity index (χ4n) is 4.34. The van der Waals surface area contributed by atoms with E-state index in [4.69, 9.17) is 0 Å². The highest BCUT2D eigenvalue weighted by Gasteiger charge is 2.22. The average Bonchev–Trinajstić information content (AvgIpc) is 2.83. The molecule has 0 bridgehead atoms. The van der Waals surface area contributed by atoms with Crippen LogP contribution in [0.4, 0.5) is 23.3 Å². The maximum absolute atomic E-state index is 12.9. The van der Waals surface area contributed by atoms with Crippen molar-refractivity contribution in [1.29, 1.82) is 0 Å². The number of carbonyl (C=O) groups excluding carboxylic acids is 1. The van der Waals surface area contributed by atoms with Crippen molar-refractivity contribution in [3.05, 3.63) is 59.2 Å². The van der Waals surface area contributed by atoms with Gasteiger partial charge in [0.1, 0.15) is 23.0 Å². The molecule has 0 saturated carbocycles. The number of likely N-dealkylation sites (N-methyl/N-ethyl adjacent to an activating group) is 1. The highest BCUT2D eigenvalue weighted by Crippen LogP contribution is 2.28. The molecule has 9 nitrogen and oxygen atoms in total. The van der Waals surface area contributed by atoms with E-state index in [0.717, 1.165) is 24.9 Å². The fourth-order valence-corrected chi connectivity index (χ4v) is 4.34. The summed E-state index contributed by atoms with van der Waals surface area (Å²) in [6, 6.07) is 8.75.